The van der Waals surface area contributed by atoms with E-state index >= 15 is 0 Å². The Kier molecular flexibility index (Phi) is 6.73. The fourth-order valence-corrected chi connectivity index (χ4v) is 4.69. The van der Waals surface area contributed by atoms with Crippen molar-refractivity contribution in [1.82, 2.24) is 5.32 Å². The second-order valence-electron chi connectivity index (χ2n) is 8.96. The zero-order valence-electron chi connectivity index (χ0n) is 17.6. The summed E-state index contributed by atoms with van der Waals surface area (Å²) in [4.78, 5) is 12.3. The molecule has 1 aromatic carbocycles. The number of hydrogen-bond donors (Lipinski definition) is 2. The number of rotatable bonds is 6. The van der Waals surface area contributed by atoms with Gasteiger partial charge < -0.3 is 19.5 Å². The van der Waals surface area contributed by atoms with Gasteiger partial charge >= 0.3 is 6.09 Å². The Hall–Kier alpha value is -1.63. The molecule has 2 aliphatic heterocycles. The van der Waals surface area contributed by atoms with Crippen molar-refractivity contribution in [2.24, 2.45) is 5.92 Å². The number of amides is 1. The second kappa shape index (κ2) is 9.45. The molecule has 1 amide bonds. The third-order valence-electron chi connectivity index (χ3n) is 6.48. The molecule has 1 aromatic rings. The number of nitrogens with one attached hydrogen (secondary N) is 2. The van der Waals surface area contributed by atoms with Gasteiger partial charge in [-0.15, -0.1) is 0 Å². The molecule has 4 rings (SSSR count). The van der Waals surface area contributed by atoms with Crippen LogP contribution in [0, 0.1) is 5.92 Å². The van der Waals surface area contributed by atoms with Crippen molar-refractivity contribution in [2.75, 3.05) is 25.1 Å². The smallest absolute Gasteiger partial charge is 0.412 e. The first-order valence-corrected chi connectivity index (χ1v) is 11.1. The Balaban J connectivity index is 1.24. The molecule has 160 valence electrons. The van der Waals surface area contributed by atoms with Crippen LogP contribution in [0.15, 0.2) is 24.3 Å². The van der Waals surface area contributed by atoms with Crippen molar-refractivity contribution in [3.63, 3.8) is 0 Å². The fourth-order valence-electron chi connectivity index (χ4n) is 4.69. The van der Waals surface area contributed by atoms with Crippen molar-refractivity contribution in [2.45, 2.75) is 76.2 Å². The number of fused-ring (bicyclic) bond motifs is 1. The van der Waals surface area contributed by atoms with Gasteiger partial charge in [-0.3, -0.25) is 5.32 Å². The average molecular weight is 403 g/mol. The zero-order valence-corrected chi connectivity index (χ0v) is 17.6. The lowest BCUT2D eigenvalue weighted by atomic mass is 9.89. The van der Waals surface area contributed by atoms with Crippen LogP contribution in [-0.2, 0) is 14.2 Å². The number of anilines is 1. The third-order valence-corrected chi connectivity index (χ3v) is 6.48. The molecular weight excluding hydrogens is 368 g/mol. The molecule has 3 aliphatic rings. The monoisotopic (exact) mass is 402 g/mol. The highest BCUT2D eigenvalue weighted by atomic mass is 16.6. The van der Waals surface area contributed by atoms with Gasteiger partial charge in [0.15, 0.2) is 6.10 Å². The number of carbonyl (C=O) groups is 1. The summed E-state index contributed by atoms with van der Waals surface area (Å²) < 4.78 is 17.5. The summed E-state index contributed by atoms with van der Waals surface area (Å²) in [6.07, 6.45) is 5.66. The van der Waals surface area contributed by atoms with Crippen LogP contribution < -0.4 is 10.6 Å². The predicted molar refractivity (Wildman–Crippen MR) is 112 cm³/mol. The Morgan fingerprint density at radius 2 is 1.79 bits per heavy atom. The molecule has 29 heavy (non-hydrogen) atoms. The molecule has 4 atom stereocenters. The molecule has 0 radical (unpaired) electrons. The molecule has 2 saturated heterocycles. The minimum Gasteiger partial charge on any atom is -0.441 e. The van der Waals surface area contributed by atoms with Gasteiger partial charge in [0.2, 0.25) is 0 Å². The molecule has 6 nitrogen and oxygen atoms in total. The quantitative estimate of drug-likeness (QED) is 0.751. The number of benzene rings is 1. The van der Waals surface area contributed by atoms with E-state index in [4.69, 9.17) is 14.2 Å². The van der Waals surface area contributed by atoms with Crippen molar-refractivity contribution in [3.8, 4) is 0 Å². The molecule has 1 saturated carbocycles. The maximum absolute atomic E-state index is 12.3. The molecule has 6 heteroatoms. The highest BCUT2D eigenvalue weighted by Gasteiger charge is 2.49. The van der Waals surface area contributed by atoms with Crippen molar-refractivity contribution in [3.05, 3.63) is 29.8 Å². The van der Waals surface area contributed by atoms with E-state index in [1.165, 1.54) is 37.7 Å². The first-order valence-electron chi connectivity index (χ1n) is 11.1. The second-order valence-corrected chi connectivity index (χ2v) is 8.96. The molecule has 0 spiro atoms. The molecule has 0 unspecified atom stereocenters. The first kappa shape index (κ1) is 20.6. The van der Waals surface area contributed by atoms with E-state index in [0.29, 0.717) is 19.1 Å². The molecule has 1 aliphatic carbocycles. The highest BCUT2D eigenvalue weighted by molar-refractivity contribution is 5.84. The standard InChI is InChI=1S/C23H34N2O4/c1-15(2)17-8-10-18(11-9-17)25-23(26)29-20-14-28-21-19(13-27-22(20)21)24-12-16-6-4-3-5-7-16/h8-11,15-16,19-22,24H,3-7,12-14H2,1-2H3,(H,25,26)/t19-,20-,21-,22+/m0/s1. The van der Waals surface area contributed by atoms with E-state index < -0.39 is 6.09 Å². The summed E-state index contributed by atoms with van der Waals surface area (Å²) in [5, 5.41) is 6.45. The van der Waals surface area contributed by atoms with Crippen LogP contribution >= 0.6 is 0 Å². The van der Waals surface area contributed by atoms with E-state index in [2.05, 4.69) is 24.5 Å². The van der Waals surface area contributed by atoms with Crippen LogP contribution in [0.1, 0.15) is 57.4 Å². The van der Waals surface area contributed by atoms with Gasteiger partial charge in [-0.05, 0) is 48.9 Å². The molecule has 0 aromatic heterocycles. The van der Waals surface area contributed by atoms with Gasteiger partial charge in [0.1, 0.15) is 12.2 Å². The van der Waals surface area contributed by atoms with E-state index in [1.54, 1.807) is 0 Å². The van der Waals surface area contributed by atoms with Crippen LogP contribution in [0.2, 0.25) is 0 Å². The van der Waals surface area contributed by atoms with Gasteiger partial charge in [-0.1, -0.05) is 45.2 Å². The number of hydrogen-bond acceptors (Lipinski definition) is 5. The molecule has 2 heterocycles. The fraction of sp³-hybridized carbons (Fsp3) is 0.696. The molecule has 3 fully saturated rings. The predicted octanol–water partition coefficient (Wildman–Crippen LogP) is 4.06. The normalized spacial score (nSPS) is 29.8. The van der Waals surface area contributed by atoms with Gasteiger partial charge in [0.05, 0.1) is 19.3 Å². The van der Waals surface area contributed by atoms with Gasteiger partial charge in [-0.2, -0.15) is 0 Å². The minimum atomic E-state index is -0.459. The highest BCUT2D eigenvalue weighted by Crippen LogP contribution is 2.30. The topological polar surface area (TPSA) is 68.8 Å². The average Bonchev–Trinajstić information content (AvgIpc) is 3.30. The van der Waals surface area contributed by atoms with Gasteiger partial charge in [-0.25, -0.2) is 4.79 Å². The Bertz CT molecular complexity index is 672. The van der Waals surface area contributed by atoms with Crippen LogP contribution in [0.3, 0.4) is 0 Å². The van der Waals surface area contributed by atoms with E-state index in [1.807, 2.05) is 24.3 Å². The van der Waals surface area contributed by atoms with Crippen molar-refractivity contribution >= 4 is 11.8 Å². The van der Waals surface area contributed by atoms with Crippen LogP contribution in [-0.4, -0.2) is 50.2 Å². The number of ether oxygens (including phenoxy) is 3. The maximum Gasteiger partial charge on any atom is 0.412 e. The summed E-state index contributed by atoms with van der Waals surface area (Å²) in [5.41, 5.74) is 1.97. The molecule has 0 bridgehead atoms. The van der Waals surface area contributed by atoms with Crippen molar-refractivity contribution in [1.29, 1.82) is 0 Å². The summed E-state index contributed by atoms with van der Waals surface area (Å²) in [6.45, 7) is 6.31. The first-order chi connectivity index (χ1) is 14.1. The minimum absolute atomic E-state index is 0.0401. The zero-order chi connectivity index (χ0) is 20.2. The van der Waals surface area contributed by atoms with Gasteiger partial charge in [0, 0.05) is 5.69 Å². The number of carbonyl (C=O) groups excluding carboxylic acids is 1. The molecule has 2 N–H and O–H groups in total. The third kappa shape index (κ3) is 5.11. The summed E-state index contributed by atoms with van der Waals surface area (Å²) in [5.74, 6) is 1.23. The van der Waals surface area contributed by atoms with Gasteiger partial charge in [0.25, 0.3) is 0 Å². The summed E-state index contributed by atoms with van der Waals surface area (Å²) in [7, 11) is 0. The lowest BCUT2D eigenvalue weighted by Gasteiger charge is -2.25. The maximum atomic E-state index is 12.3. The van der Waals surface area contributed by atoms with E-state index in [-0.39, 0.29) is 24.4 Å². The Morgan fingerprint density at radius 3 is 2.52 bits per heavy atom. The van der Waals surface area contributed by atoms with Crippen LogP contribution in [0.25, 0.3) is 0 Å². The SMILES string of the molecule is CC(C)c1ccc(NC(=O)O[C@H]2CO[C@@H]3[C@@H]2OC[C@@H]3NCC2CCCCC2)cc1. The van der Waals surface area contributed by atoms with Crippen LogP contribution in [0.5, 0.6) is 0 Å². The van der Waals surface area contributed by atoms with Crippen LogP contribution in [0.4, 0.5) is 10.5 Å². The van der Waals surface area contributed by atoms with E-state index in [0.717, 1.165) is 18.2 Å². The summed E-state index contributed by atoms with van der Waals surface area (Å²) in [6, 6.07) is 8.04. The lowest BCUT2D eigenvalue weighted by Crippen LogP contribution is -2.43. The lowest BCUT2D eigenvalue weighted by molar-refractivity contribution is 0.00850. The molecular formula is C23H34N2O4. The largest absolute Gasteiger partial charge is 0.441 e. The Morgan fingerprint density at radius 1 is 1.07 bits per heavy atom. The Labute approximate surface area is 173 Å². The van der Waals surface area contributed by atoms with Crippen molar-refractivity contribution < 1.29 is 19.0 Å². The summed E-state index contributed by atoms with van der Waals surface area (Å²) >= 11 is 0. The van der Waals surface area contributed by atoms with E-state index in [9.17, 15) is 4.79 Å².